The second-order valence-electron chi connectivity index (χ2n) is 7.74. The van der Waals surface area contributed by atoms with Crippen LogP contribution in [0.5, 0.6) is 0 Å². The lowest BCUT2D eigenvalue weighted by Crippen LogP contribution is -2.39. The Kier molecular flexibility index (Phi) is 4.80. The molecule has 2 aliphatic rings. The summed E-state index contributed by atoms with van der Waals surface area (Å²) in [6.07, 6.45) is 7.76. The molecular formula is C21H29N3O. The van der Waals surface area contributed by atoms with Crippen molar-refractivity contribution in [1.29, 1.82) is 0 Å². The predicted molar refractivity (Wildman–Crippen MR) is 102 cm³/mol. The van der Waals surface area contributed by atoms with Crippen LogP contribution in [0.4, 0.5) is 0 Å². The SMILES string of the molecule is CC(CCc1c[nH]c2ccccc12)N1CCCN(C(=O)C2CC2)CC1. The van der Waals surface area contributed by atoms with Gasteiger partial charge in [-0.3, -0.25) is 9.69 Å². The Balaban J connectivity index is 1.31. The molecule has 0 radical (unpaired) electrons. The third-order valence-corrected chi connectivity index (χ3v) is 5.90. The minimum absolute atomic E-state index is 0.353. The van der Waals surface area contributed by atoms with Gasteiger partial charge in [0, 0.05) is 55.2 Å². The Labute approximate surface area is 150 Å². The summed E-state index contributed by atoms with van der Waals surface area (Å²) >= 11 is 0. The summed E-state index contributed by atoms with van der Waals surface area (Å²) in [5.74, 6) is 0.763. The maximum atomic E-state index is 12.3. The number of aromatic amines is 1. The fourth-order valence-electron chi connectivity index (χ4n) is 4.07. The molecule has 0 spiro atoms. The number of H-pyrrole nitrogens is 1. The van der Waals surface area contributed by atoms with Crippen molar-refractivity contribution in [3.8, 4) is 0 Å². The first-order chi connectivity index (χ1) is 12.2. The average molecular weight is 339 g/mol. The van der Waals surface area contributed by atoms with E-state index in [2.05, 4.69) is 52.2 Å². The molecule has 1 saturated carbocycles. The highest BCUT2D eigenvalue weighted by Gasteiger charge is 2.34. The third-order valence-electron chi connectivity index (χ3n) is 5.90. The standard InChI is InChI=1S/C21H29N3O/c1-16(7-8-18-15-22-20-6-3-2-5-19(18)20)23-11-4-12-24(14-13-23)21(25)17-9-10-17/h2-3,5-6,15-17,22H,4,7-14H2,1H3. The molecule has 4 rings (SSSR count). The molecule has 1 aliphatic heterocycles. The molecule has 4 heteroatoms. The van der Waals surface area contributed by atoms with E-state index in [0.29, 0.717) is 17.9 Å². The molecule has 1 N–H and O–H groups in total. The van der Waals surface area contributed by atoms with Crippen molar-refractivity contribution >= 4 is 16.8 Å². The zero-order valence-corrected chi connectivity index (χ0v) is 15.2. The number of carbonyl (C=O) groups is 1. The number of para-hydroxylation sites is 1. The Morgan fingerprint density at radius 2 is 2.04 bits per heavy atom. The van der Waals surface area contributed by atoms with Crippen molar-refractivity contribution in [3.05, 3.63) is 36.0 Å². The number of hydrogen-bond donors (Lipinski definition) is 1. The summed E-state index contributed by atoms with van der Waals surface area (Å²) in [5.41, 5.74) is 2.65. The van der Waals surface area contributed by atoms with Crippen LogP contribution in [0.2, 0.25) is 0 Å². The van der Waals surface area contributed by atoms with Crippen LogP contribution < -0.4 is 0 Å². The molecule has 1 amide bonds. The highest BCUT2D eigenvalue weighted by molar-refractivity contribution is 5.83. The molecule has 1 aromatic carbocycles. The average Bonchev–Trinajstić information content (AvgIpc) is 3.43. The highest BCUT2D eigenvalue weighted by Crippen LogP contribution is 2.31. The van der Waals surface area contributed by atoms with Crippen LogP contribution in [0.25, 0.3) is 10.9 Å². The van der Waals surface area contributed by atoms with Gasteiger partial charge < -0.3 is 9.88 Å². The Bertz CT molecular complexity index is 734. The van der Waals surface area contributed by atoms with Crippen molar-refractivity contribution in [2.75, 3.05) is 26.2 Å². The zero-order chi connectivity index (χ0) is 17.2. The van der Waals surface area contributed by atoms with Gasteiger partial charge in [-0.25, -0.2) is 0 Å². The van der Waals surface area contributed by atoms with Gasteiger partial charge in [-0.05, 0) is 50.7 Å². The van der Waals surface area contributed by atoms with Crippen LogP contribution in [-0.2, 0) is 11.2 Å². The van der Waals surface area contributed by atoms with E-state index in [1.165, 1.54) is 22.9 Å². The summed E-state index contributed by atoms with van der Waals surface area (Å²) in [5, 5.41) is 1.35. The number of aryl methyl sites for hydroxylation is 1. The number of benzene rings is 1. The van der Waals surface area contributed by atoms with Crippen molar-refractivity contribution in [2.45, 2.75) is 45.1 Å². The fraction of sp³-hybridized carbons (Fsp3) is 0.571. The number of hydrogen-bond acceptors (Lipinski definition) is 2. The predicted octanol–water partition coefficient (Wildman–Crippen LogP) is 3.43. The number of nitrogens with zero attached hydrogens (tertiary/aromatic N) is 2. The van der Waals surface area contributed by atoms with Gasteiger partial charge in [-0.1, -0.05) is 18.2 Å². The minimum atomic E-state index is 0.353. The van der Waals surface area contributed by atoms with Crippen LogP contribution >= 0.6 is 0 Å². The summed E-state index contributed by atoms with van der Waals surface area (Å²) in [4.78, 5) is 20.4. The van der Waals surface area contributed by atoms with Crippen LogP contribution in [0.3, 0.4) is 0 Å². The number of rotatable bonds is 5. The summed E-state index contributed by atoms with van der Waals surface area (Å²) < 4.78 is 0. The summed E-state index contributed by atoms with van der Waals surface area (Å²) in [6.45, 7) is 6.33. The van der Waals surface area contributed by atoms with Gasteiger partial charge in [0.25, 0.3) is 0 Å². The van der Waals surface area contributed by atoms with Crippen LogP contribution in [0.15, 0.2) is 30.5 Å². The number of nitrogens with one attached hydrogen (secondary N) is 1. The fourth-order valence-corrected chi connectivity index (χ4v) is 4.07. The van der Waals surface area contributed by atoms with Crippen molar-refractivity contribution in [2.24, 2.45) is 5.92 Å². The van der Waals surface area contributed by atoms with Crippen molar-refractivity contribution in [1.82, 2.24) is 14.8 Å². The molecule has 2 aromatic rings. The first-order valence-corrected chi connectivity index (χ1v) is 9.80. The lowest BCUT2D eigenvalue weighted by atomic mass is 10.0. The highest BCUT2D eigenvalue weighted by atomic mass is 16.2. The molecule has 4 nitrogen and oxygen atoms in total. The van der Waals surface area contributed by atoms with Crippen LogP contribution in [0.1, 0.15) is 38.2 Å². The molecule has 2 fully saturated rings. The summed E-state index contributed by atoms with van der Waals surface area (Å²) in [6, 6.07) is 9.10. The van der Waals surface area contributed by atoms with E-state index in [9.17, 15) is 4.79 Å². The van der Waals surface area contributed by atoms with Gasteiger partial charge in [-0.2, -0.15) is 0 Å². The number of carbonyl (C=O) groups excluding carboxylic acids is 1. The quantitative estimate of drug-likeness (QED) is 0.906. The number of amides is 1. The first-order valence-electron chi connectivity index (χ1n) is 9.80. The van der Waals surface area contributed by atoms with E-state index in [4.69, 9.17) is 0 Å². The summed E-state index contributed by atoms with van der Waals surface area (Å²) in [7, 11) is 0. The van der Waals surface area contributed by atoms with Gasteiger partial charge in [0.05, 0.1) is 0 Å². The molecule has 0 bridgehead atoms. The lowest BCUT2D eigenvalue weighted by Gasteiger charge is -2.28. The van der Waals surface area contributed by atoms with Gasteiger partial charge in [-0.15, -0.1) is 0 Å². The van der Waals surface area contributed by atoms with Gasteiger partial charge in [0.15, 0.2) is 0 Å². The number of aromatic nitrogens is 1. The third kappa shape index (κ3) is 3.74. The Hall–Kier alpha value is -1.81. The molecule has 25 heavy (non-hydrogen) atoms. The minimum Gasteiger partial charge on any atom is -0.361 e. The topological polar surface area (TPSA) is 39.3 Å². The van der Waals surface area contributed by atoms with Crippen LogP contribution in [-0.4, -0.2) is 52.9 Å². The van der Waals surface area contributed by atoms with Gasteiger partial charge in [0.1, 0.15) is 0 Å². The monoisotopic (exact) mass is 339 g/mol. The molecule has 1 atom stereocenters. The van der Waals surface area contributed by atoms with E-state index in [0.717, 1.165) is 51.9 Å². The van der Waals surface area contributed by atoms with E-state index in [1.807, 2.05) is 0 Å². The Morgan fingerprint density at radius 3 is 2.88 bits per heavy atom. The van der Waals surface area contributed by atoms with E-state index in [1.54, 1.807) is 0 Å². The Morgan fingerprint density at radius 1 is 1.20 bits per heavy atom. The largest absolute Gasteiger partial charge is 0.361 e. The van der Waals surface area contributed by atoms with E-state index in [-0.39, 0.29) is 0 Å². The molecular weight excluding hydrogens is 310 g/mol. The van der Waals surface area contributed by atoms with Crippen molar-refractivity contribution in [3.63, 3.8) is 0 Å². The second kappa shape index (κ2) is 7.20. The van der Waals surface area contributed by atoms with E-state index < -0.39 is 0 Å². The van der Waals surface area contributed by atoms with Crippen molar-refractivity contribution < 1.29 is 4.79 Å². The first kappa shape index (κ1) is 16.6. The molecule has 2 heterocycles. The molecule has 1 unspecified atom stereocenters. The molecule has 1 saturated heterocycles. The molecule has 134 valence electrons. The second-order valence-corrected chi connectivity index (χ2v) is 7.74. The molecule has 1 aliphatic carbocycles. The van der Waals surface area contributed by atoms with Crippen LogP contribution in [0, 0.1) is 5.92 Å². The lowest BCUT2D eigenvalue weighted by molar-refractivity contribution is -0.132. The smallest absolute Gasteiger partial charge is 0.225 e. The molecule has 1 aromatic heterocycles. The number of fused-ring (bicyclic) bond motifs is 1. The van der Waals surface area contributed by atoms with Gasteiger partial charge in [0.2, 0.25) is 5.91 Å². The zero-order valence-electron chi connectivity index (χ0n) is 15.2. The van der Waals surface area contributed by atoms with Gasteiger partial charge >= 0.3 is 0 Å². The maximum absolute atomic E-state index is 12.3. The van der Waals surface area contributed by atoms with E-state index >= 15 is 0 Å². The normalized spacial score (nSPS) is 20.6. The maximum Gasteiger partial charge on any atom is 0.225 e.